The second-order valence-electron chi connectivity index (χ2n) is 9.09. The summed E-state index contributed by atoms with van der Waals surface area (Å²) in [4.78, 5) is 15.1. The Balaban J connectivity index is 1.39. The molecule has 0 bridgehead atoms. The topological polar surface area (TPSA) is 85.8 Å². The molecule has 0 spiro atoms. The Morgan fingerprint density at radius 1 is 1.14 bits per heavy atom. The van der Waals surface area contributed by atoms with Crippen molar-refractivity contribution in [2.24, 2.45) is 0 Å². The molecule has 1 aliphatic heterocycles. The molecule has 0 amide bonds. The van der Waals surface area contributed by atoms with E-state index in [0.29, 0.717) is 22.9 Å². The molecule has 5 aromatic heterocycles. The van der Waals surface area contributed by atoms with Gasteiger partial charge in [-0.25, -0.2) is 32.9 Å². The van der Waals surface area contributed by atoms with Crippen LogP contribution in [-0.2, 0) is 0 Å². The highest BCUT2D eigenvalue weighted by atomic mass is 32.1. The third-order valence-electron chi connectivity index (χ3n) is 6.72. The predicted molar refractivity (Wildman–Crippen MR) is 135 cm³/mol. The zero-order chi connectivity index (χ0) is 24.6. The number of nitrogens with zero attached hydrogens (tertiary/aromatic N) is 7. The smallest absolute Gasteiger partial charge is 0.260 e. The van der Waals surface area contributed by atoms with Crippen molar-refractivity contribution in [1.82, 2.24) is 34.3 Å². The average molecular weight is 503 g/mol. The van der Waals surface area contributed by atoms with Crippen LogP contribution in [0.15, 0.2) is 48.9 Å². The molecule has 1 aromatic carbocycles. The monoisotopic (exact) mass is 502 g/mol. The number of anilines is 1. The number of aryl methyl sites for hydroxylation is 2. The van der Waals surface area contributed by atoms with Crippen LogP contribution in [0.3, 0.4) is 0 Å². The van der Waals surface area contributed by atoms with Crippen LogP contribution in [0.2, 0.25) is 0 Å². The Labute approximate surface area is 207 Å². The van der Waals surface area contributed by atoms with Gasteiger partial charge in [0.25, 0.3) is 6.43 Å². The van der Waals surface area contributed by atoms with Gasteiger partial charge in [0.05, 0.1) is 23.3 Å². The number of hydrogen-bond donors (Lipinski definition) is 1. The summed E-state index contributed by atoms with van der Waals surface area (Å²) < 4.78 is 32.0. The molecule has 11 heteroatoms. The molecule has 0 unspecified atom stereocenters. The van der Waals surface area contributed by atoms with Gasteiger partial charge in [-0.15, -0.1) is 16.4 Å². The molecular weight excluding hydrogens is 482 g/mol. The number of alkyl halides is 2. The molecule has 0 saturated heterocycles. The number of hydrogen-bond acceptors (Lipinski definition) is 7. The van der Waals surface area contributed by atoms with Crippen molar-refractivity contribution in [2.75, 3.05) is 5.32 Å². The maximum absolute atomic E-state index is 14.1. The molecule has 6 aromatic rings. The lowest BCUT2D eigenvalue weighted by atomic mass is 9.97. The molecule has 180 valence electrons. The van der Waals surface area contributed by atoms with Gasteiger partial charge < -0.3 is 5.32 Å². The quantitative estimate of drug-likeness (QED) is 0.333. The van der Waals surface area contributed by atoms with Crippen LogP contribution < -0.4 is 5.32 Å². The fraction of sp³-hybridized carbons (Fsp3) is 0.240. The molecule has 7 rings (SSSR count). The highest BCUT2D eigenvalue weighted by molar-refractivity contribution is 7.26. The molecular formula is C25H20F2N8S. The first-order chi connectivity index (χ1) is 17.5. The summed E-state index contributed by atoms with van der Waals surface area (Å²) in [5.74, 6) is 0.892. The van der Waals surface area contributed by atoms with Gasteiger partial charge in [0.1, 0.15) is 27.7 Å². The molecule has 36 heavy (non-hydrogen) atoms. The lowest BCUT2D eigenvalue weighted by Crippen LogP contribution is -2.31. The van der Waals surface area contributed by atoms with Crippen LogP contribution in [0.25, 0.3) is 37.5 Å². The van der Waals surface area contributed by atoms with Crippen molar-refractivity contribution in [3.05, 3.63) is 65.7 Å². The molecule has 0 fully saturated rings. The third-order valence-corrected chi connectivity index (χ3v) is 7.79. The Kier molecular flexibility index (Phi) is 4.59. The van der Waals surface area contributed by atoms with Gasteiger partial charge in [-0.1, -0.05) is 30.3 Å². The standard InChI is InChI=1S/C25H20F2N8S/c1-12-8-13(2)30-25-18(12)19-20(36-25)24-32-22(33-34(24)11-28-19)15-10-29-35-17(21(26)27)9-16(31-23(15)35)14-6-4-3-5-7-14/h3-8,10-11,16-17,21,31H,9H2,1-2H3/t16-,17+/m0/s1. The summed E-state index contributed by atoms with van der Waals surface area (Å²) in [7, 11) is 0. The van der Waals surface area contributed by atoms with Crippen molar-refractivity contribution in [3.8, 4) is 11.4 Å². The van der Waals surface area contributed by atoms with Crippen molar-refractivity contribution < 1.29 is 8.78 Å². The van der Waals surface area contributed by atoms with Gasteiger partial charge >= 0.3 is 0 Å². The van der Waals surface area contributed by atoms with Crippen LogP contribution in [0, 0.1) is 13.8 Å². The van der Waals surface area contributed by atoms with Crippen LogP contribution >= 0.6 is 11.3 Å². The average Bonchev–Trinajstić information content (AvgIpc) is 3.57. The molecule has 2 atom stereocenters. The number of nitrogens with one attached hydrogen (secondary N) is 1. The van der Waals surface area contributed by atoms with E-state index in [2.05, 4.69) is 32.4 Å². The summed E-state index contributed by atoms with van der Waals surface area (Å²) in [6, 6.07) is 10.3. The van der Waals surface area contributed by atoms with Gasteiger partial charge in [0, 0.05) is 11.1 Å². The number of halogens is 2. The van der Waals surface area contributed by atoms with E-state index in [4.69, 9.17) is 4.98 Å². The fourth-order valence-corrected chi connectivity index (χ4v) is 6.31. The van der Waals surface area contributed by atoms with Gasteiger partial charge in [0.2, 0.25) is 0 Å². The lowest BCUT2D eigenvalue weighted by Gasteiger charge is -2.32. The third kappa shape index (κ3) is 3.12. The highest BCUT2D eigenvalue weighted by Crippen LogP contribution is 2.42. The van der Waals surface area contributed by atoms with E-state index in [0.717, 1.165) is 37.3 Å². The molecule has 1 aliphatic rings. The maximum Gasteiger partial charge on any atom is 0.260 e. The van der Waals surface area contributed by atoms with E-state index >= 15 is 0 Å². The summed E-state index contributed by atoms with van der Waals surface area (Å²) >= 11 is 1.53. The molecule has 0 aliphatic carbocycles. The minimum Gasteiger partial charge on any atom is -0.363 e. The number of rotatable bonds is 3. The number of benzene rings is 1. The number of thiophene rings is 1. The highest BCUT2D eigenvalue weighted by Gasteiger charge is 2.36. The predicted octanol–water partition coefficient (Wildman–Crippen LogP) is 5.73. The van der Waals surface area contributed by atoms with Gasteiger partial charge in [-0.2, -0.15) is 5.10 Å². The number of aromatic nitrogens is 7. The first kappa shape index (κ1) is 21.3. The van der Waals surface area contributed by atoms with Gasteiger partial charge in [0.15, 0.2) is 11.5 Å². The number of pyridine rings is 1. The van der Waals surface area contributed by atoms with E-state index in [9.17, 15) is 8.78 Å². The zero-order valence-electron chi connectivity index (χ0n) is 19.4. The largest absolute Gasteiger partial charge is 0.363 e. The minimum absolute atomic E-state index is 0.229. The van der Waals surface area contributed by atoms with Crippen molar-refractivity contribution in [3.63, 3.8) is 0 Å². The molecule has 8 nitrogen and oxygen atoms in total. The summed E-state index contributed by atoms with van der Waals surface area (Å²) in [6.45, 7) is 4.03. The van der Waals surface area contributed by atoms with Crippen LogP contribution in [-0.4, -0.2) is 40.8 Å². The van der Waals surface area contributed by atoms with E-state index in [1.807, 2.05) is 43.3 Å². The molecule has 1 N–H and O–H groups in total. The van der Waals surface area contributed by atoms with E-state index < -0.39 is 12.5 Å². The Bertz CT molecular complexity index is 1770. The van der Waals surface area contributed by atoms with E-state index in [1.165, 1.54) is 16.0 Å². The molecule has 0 saturated carbocycles. The van der Waals surface area contributed by atoms with Gasteiger partial charge in [-0.3, -0.25) is 0 Å². The SMILES string of the molecule is Cc1cc(C)c2c(n1)sc1c2ncn2nc(-c3cnn4c3N[C@H](c3ccccc3)C[C@@H]4C(F)F)nc12. The maximum atomic E-state index is 14.1. The van der Waals surface area contributed by atoms with Crippen molar-refractivity contribution in [1.29, 1.82) is 0 Å². The van der Waals surface area contributed by atoms with Crippen LogP contribution in [0.1, 0.15) is 35.3 Å². The van der Waals surface area contributed by atoms with Crippen molar-refractivity contribution >= 4 is 43.2 Å². The van der Waals surface area contributed by atoms with E-state index in [-0.39, 0.29) is 12.5 Å². The van der Waals surface area contributed by atoms with Crippen LogP contribution in [0.4, 0.5) is 14.6 Å². The Morgan fingerprint density at radius 3 is 2.78 bits per heavy atom. The second kappa shape index (κ2) is 7.76. The van der Waals surface area contributed by atoms with Crippen LogP contribution in [0.5, 0.6) is 0 Å². The Morgan fingerprint density at radius 2 is 1.97 bits per heavy atom. The van der Waals surface area contributed by atoms with Crippen molar-refractivity contribution in [2.45, 2.75) is 38.8 Å². The molecule has 0 radical (unpaired) electrons. The number of fused-ring (bicyclic) bond motifs is 6. The summed E-state index contributed by atoms with van der Waals surface area (Å²) in [5.41, 5.74) is 5.06. The summed E-state index contributed by atoms with van der Waals surface area (Å²) in [5, 5.41) is 13.4. The summed E-state index contributed by atoms with van der Waals surface area (Å²) in [6.07, 6.45) is 0.870. The second-order valence-corrected chi connectivity index (χ2v) is 10.1. The zero-order valence-corrected chi connectivity index (χ0v) is 20.2. The Hall–Kier alpha value is -3.99. The first-order valence-electron chi connectivity index (χ1n) is 11.6. The lowest BCUT2D eigenvalue weighted by molar-refractivity contribution is 0.0659. The normalized spacial score (nSPS) is 17.8. The first-order valence-corrected chi connectivity index (χ1v) is 12.4. The van der Waals surface area contributed by atoms with E-state index in [1.54, 1.807) is 17.0 Å². The minimum atomic E-state index is -2.56. The van der Waals surface area contributed by atoms with Gasteiger partial charge in [-0.05, 0) is 37.5 Å². The fourth-order valence-electron chi connectivity index (χ4n) is 5.08. The molecule has 6 heterocycles.